The van der Waals surface area contributed by atoms with Gasteiger partial charge in [-0.2, -0.15) is 0 Å². The fourth-order valence-corrected chi connectivity index (χ4v) is 2.45. The topological polar surface area (TPSA) is 51.1 Å². The first-order valence-corrected chi connectivity index (χ1v) is 7.91. The Morgan fingerprint density at radius 1 is 1.21 bits per heavy atom. The monoisotopic (exact) mass is 338 g/mol. The zero-order valence-electron chi connectivity index (χ0n) is 13.3. The molecule has 1 heterocycles. The van der Waals surface area contributed by atoms with Gasteiger partial charge in [0.25, 0.3) is 0 Å². The molecule has 0 aliphatic carbocycles. The fourth-order valence-electron chi connectivity index (χ4n) is 2.26. The van der Waals surface area contributed by atoms with E-state index in [1.165, 1.54) is 0 Å². The number of hydrogen-bond acceptors (Lipinski definition) is 3. The van der Waals surface area contributed by atoms with E-state index in [4.69, 9.17) is 17.0 Å². The van der Waals surface area contributed by atoms with Gasteiger partial charge in [0.1, 0.15) is 5.75 Å². The molecule has 0 spiro atoms. The van der Waals surface area contributed by atoms with Crippen molar-refractivity contribution in [2.24, 2.45) is 0 Å². The van der Waals surface area contributed by atoms with Crippen molar-refractivity contribution in [3.05, 3.63) is 72.8 Å². The van der Waals surface area contributed by atoms with Crippen LogP contribution in [-0.2, 0) is 6.54 Å². The molecule has 0 bridgehead atoms. The highest BCUT2D eigenvalue weighted by atomic mass is 32.1. The molecule has 0 unspecified atom stereocenters. The minimum absolute atomic E-state index is 0.571. The Morgan fingerprint density at radius 2 is 2.04 bits per heavy atom. The fraction of sp³-hybridized carbons (Fsp3) is 0.111. The average Bonchev–Trinajstić information content (AvgIpc) is 3.15. The van der Waals surface area contributed by atoms with Gasteiger partial charge in [-0.3, -0.25) is 0 Å². The van der Waals surface area contributed by atoms with E-state index in [0.717, 1.165) is 22.7 Å². The molecule has 0 aliphatic rings. The summed E-state index contributed by atoms with van der Waals surface area (Å²) in [5.41, 5.74) is 3.12. The number of hydrogen-bond donors (Lipinski definition) is 2. The van der Waals surface area contributed by atoms with E-state index >= 15 is 0 Å². The first-order chi connectivity index (χ1) is 11.7. The van der Waals surface area contributed by atoms with Crippen LogP contribution >= 0.6 is 12.2 Å². The number of ether oxygens (including phenoxy) is 1. The first-order valence-electron chi connectivity index (χ1n) is 7.51. The van der Waals surface area contributed by atoms with Crippen molar-refractivity contribution in [2.45, 2.75) is 6.54 Å². The van der Waals surface area contributed by atoms with Crippen molar-refractivity contribution < 1.29 is 4.74 Å². The smallest absolute Gasteiger partial charge is 0.171 e. The van der Waals surface area contributed by atoms with Gasteiger partial charge in [-0.25, -0.2) is 4.98 Å². The van der Waals surface area contributed by atoms with E-state index in [1.54, 1.807) is 19.6 Å². The van der Waals surface area contributed by atoms with Crippen molar-refractivity contribution in [3.8, 4) is 11.4 Å². The largest absolute Gasteiger partial charge is 0.497 e. The van der Waals surface area contributed by atoms with Crippen LogP contribution in [0.4, 0.5) is 5.69 Å². The maximum Gasteiger partial charge on any atom is 0.171 e. The Morgan fingerprint density at radius 3 is 2.75 bits per heavy atom. The molecule has 0 saturated carbocycles. The molecule has 0 saturated heterocycles. The summed E-state index contributed by atoms with van der Waals surface area (Å²) in [6.45, 7) is 0.653. The SMILES string of the molecule is COc1cccc(NC(=S)NCc2ccc(-n3ccnc3)cc2)c1. The molecule has 0 aliphatic heterocycles. The Bertz CT molecular complexity index is 800. The number of nitrogens with zero attached hydrogens (tertiary/aromatic N) is 2. The van der Waals surface area contributed by atoms with Gasteiger partial charge < -0.3 is 19.9 Å². The molecule has 122 valence electrons. The van der Waals surface area contributed by atoms with E-state index in [-0.39, 0.29) is 0 Å². The molecule has 0 radical (unpaired) electrons. The third kappa shape index (κ3) is 4.11. The van der Waals surface area contributed by atoms with Gasteiger partial charge in [0.15, 0.2) is 5.11 Å². The van der Waals surface area contributed by atoms with Crippen LogP contribution < -0.4 is 15.4 Å². The minimum Gasteiger partial charge on any atom is -0.497 e. The van der Waals surface area contributed by atoms with E-state index in [1.807, 2.05) is 35.0 Å². The van der Waals surface area contributed by atoms with Crippen molar-refractivity contribution in [1.82, 2.24) is 14.9 Å². The number of nitrogens with one attached hydrogen (secondary N) is 2. The summed E-state index contributed by atoms with van der Waals surface area (Å²) in [6.07, 6.45) is 5.46. The maximum absolute atomic E-state index is 5.33. The minimum atomic E-state index is 0.571. The summed E-state index contributed by atoms with van der Waals surface area (Å²) in [5.74, 6) is 0.790. The average molecular weight is 338 g/mol. The van der Waals surface area contributed by atoms with Gasteiger partial charge in [0.2, 0.25) is 0 Å². The second kappa shape index (κ2) is 7.61. The van der Waals surface area contributed by atoms with Crippen molar-refractivity contribution in [2.75, 3.05) is 12.4 Å². The van der Waals surface area contributed by atoms with Crippen LogP contribution in [0.5, 0.6) is 5.75 Å². The lowest BCUT2D eigenvalue weighted by Crippen LogP contribution is -2.27. The summed E-state index contributed by atoms with van der Waals surface area (Å²) in [5, 5.41) is 6.92. The van der Waals surface area contributed by atoms with Crippen LogP contribution in [0, 0.1) is 0 Å². The summed E-state index contributed by atoms with van der Waals surface area (Å²) >= 11 is 5.33. The Kier molecular flexibility index (Phi) is 5.08. The van der Waals surface area contributed by atoms with Gasteiger partial charge >= 0.3 is 0 Å². The van der Waals surface area contributed by atoms with Crippen LogP contribution in [0.25, 0.3) is 5.69 Å². The van der Waals surface area contributed by atoms with Gasteiger partial charge in [0.05, 0.1) is 13.4 Å². The Hall–Kier alpha value is -2.86. The van der Waals surface area contributed by atoms with Gasteiger partial charge in [-0.1, -0.05) is 18.2 Å². The lowest BCUT2D eigenvalue weighted by Gasteiger charge is -2.12. The Balaban J connectivity index is 1.54. The quantitative estimate of drug-likeness (QED) is 0.699. The number of anilines is 1. The molecular weight excluding hydrogens is 320 g/mol. The second-order valence-electron chi connectivity index (χ2n) is 5.18. The predicted octanol–water partition coefficient (Wildman–Crippen LogP) is 3.37. The molecule has 2 N–H and O–H groups in total. The van der Waals surface area contributed by atoms with E-state index < -0.39 is 0 Å². The molecule has 1 aromatic heterocycles. The van der Waals surface area contributed by atoms with E-state index in [0.29, 0.717) is 11.7 Å². The highest BCUT2D eigenvalue weighted by molar-refractivity contribution is 7.80. The lowest BCUT2D eigenvalue weighted by atomic mass is 10.2. The molecule has 5 nitrogen and oxygen atoms in total. The lowest BCUT2D eigenvalue weighted by molar-refractivity contribution is 0.415. The molecule has 2 aromatic carbocycles. The summed E-state index contributed by atoms with van der Waals surface area (Å²) in [7, 11) is 1.64. The van der Waals surface area contributed by atoms with Crippen LogP contribution in [0.15, 0.2) is 67.3 Å². The van der Waals surface area contributed by atoms with Gasteiger partial charge in [-0.15, -0.1) is 0 Å². The first kappa shape index (κ1) is 16.0. The second-order valence-corrected chi connectivity index (χ2v) is 5.58. The molecule has 3 aromatic rings. The van der Waals surface area contributed by atoms with Crippen LogP contribution in [-0.4, -0.2) is 21.8 Å². The molecule has 0 atom stereocenters. The summed E-state index contributed by atoms with van der Waals surface area (Å²) < 4.78 is 7.16. The zero-order chi connectivity index (χ0) is 16.8. The molecule has 6 heteroatoms. The normalized spacial score (nSPS) is 10.2. The predicted molar refractivity (Wildman–Crippen MR) is 99.6 cm³/mol. The van der Waals surface area contributed by atoms with Crippen LogP contribution in [0.1, 0.15) is 5.56 Å². The number of methoxy groups -OCH3 is 1. The molecular formula is C18H18N4OS. The van der Waals surface area contributed by atoms with Gasteiger partial charge in [-0.05, 0) is 42.0 Å². The van der Waals surface area contributed by atoms with Crippen LogP contribution in [0.2, 0.25) is 0 Å². The molecule has 24 heavy (non-hydrogen) atoms. The molecule has 0 fully saturated rings. The molecule has 0 amide bonds. The number of rotatable bonds is 5. The van der Waals surface area contributed by atoms with Crippen molar-refractivity contribution >= 4 is 23.0 Å². The summed E-state index contributed by atoms with van der Waals surface area (Å²) in [6, 6.07) is 15.9. The number of imidazole rings is 1. The van der Waals surface area contributed by atoms with E-state index in [2.05, 4.69) is 39.9 Å². The zero-order valence-corrected chi connectivity index (χ0v) is 14.1. The van der Waals surface area contributed by atoms with Gasteiger partial charge in [0, 0.05) is 36.4 Å². The maximum atomic E-state index is 5.33. The highest BCUT2D eigenvalue weighted by Gasteiger charge is 2.01. The number of thiocarbonyl (C=S) groups is 1. The third-order valence-corrected chi connectivity index (χ3v) is 3.77. The van der Waals surface area contributed by atoms with Crippen molar-refractivity contribution in [3.63, 3.8) is 0 Å². The van der Waals surface area contributed by atoms with E-state index in [9.17, 15) is 0 Å². The summed E-state index contributed by atoms with van der Waals surface area (Å²) in [4.78, 5) is 4.05. The van der Waals surface area contributed by atoms with Crippen LogP contribution in [0.3, 0.4) is 0 Å². The highest BCUT2D eigenvalue weighted by Crippen LogP contribution is 2.16. The number of aromatic nitrogens is 2. The van der Waals surface area contributed by atoms with Crippen molar-refractivity contribution in [1.29, 1.82) is 0 Å². The standard InChI is InChI=1S/C18H18N4OS/c1-23-17-4-2-3-15(11-17)21-18(24)20-12-14-5-7-16(8-6-14)22-10-9-19-13-22/h2-11,13H,12H2,1H3,(H2,20,21,24). The molecule has 3 rings (SSSR count). The third-order valence-electron chi connectivity index (χ3n) is 3.52. The Labute approximate surface area is 146 Å². The number of benzene rings is 2.